The lowest BCUT2D eigenvalue weighted by molar-refractivity contribution is -0.122. The zero-order valence-corrected chi connectivity index (χ0v) is 6.72. The molecule has 0 aliphatic carbocycles. The number of aliphatic hydroxyl groups is 1. The van der Waals surface area contributed by atoms with Gasteiger partial charge in [-0.25, -0.2) is 0 Å². The fraction of sp³-hybridized carbons (Fsp3) is 0.625. The standard InChI is InChI=1S/C8H14O2/c1-5(2)8(6(3)9)7(4)10/h6,8-9H,1H2,2-4H3. The smallest absolute Gasteiger partial charge is 0.139 e. The molecule has 0 saturated heterocycles. The lowest BCUT2D eigenvalue weighted by Crippen LogP contribution is -2.24. The Morgan fingerprint density at radius 1 is 1.50 bits per heavy atom. The van der Waals surface area contributed by atoms with E-state index in [1.807, 2.05) is 0 Å². The minimum absolute atomic E-state index is 0.0255. The Labute approximate surface area is 61.6 Å². The highest BCUT2D eigenvalue weighted by atomic mass is 16.3. The van der Waals surface area contributed by atoms with E-state index in [0.717, 1.165) is 5.57 Å². The van der Waals surface area contributed by atoms with Gasteiger partial charge in [0.1, 0.15) is 5.78 Å². The summed E-state index contributed by atoms with van der Waals surface area (Å²) < 4.78 is 0. The molecule has 0 heterocycles. The molecule has 0 amide bonds. The van der Waals surface area contributed by atoms with Crippen molar-refractivity contribution in [3.05, 3.63) is 12.2 Å². The maximum atomic E-state index is 10.8. The molecule has 2 atom stereocenters. The Hall–Kier alpha value is -0.630. The molecule has 1 N–H and O–H groups in total. The van der Waals surface area contributed by atoms with Gasteiger partial charge in [-0.2, -0.15) is 0 Å². The second kappa shape index (κ2) is 3.52. The Kier molecular flexibility index (Phi) is 3.30. The molecule has 2 unspecified atom stereocenters. The molecule has 0 spiro atoms. The quantitative estimate of drug-likeness (QED) is 0.600. The highest BCUT2D eigenvalue weighted by Crippen LogP contribution is 2.13. The van der Waals surface area contributed by atoms with E-state index in [1.54, 1.807) is 13.8 Å². The maximum absolute atomic E-state index is 10.8. The van der Waals surface area contributed by atoms with Gasteiger partial charge < -0.3 is 5.11 Å². The van der Waals surface area contributed by atoms with Gasteiger partial charge in [0.25, 0.3) is 0 Å². The first-order chi connectivity index (χ1) is 4.46. The van der Waals surface area contributed by atoms with Crippen molar-refractivity contribution < 1.29 is 9.90 Å². The largest absolute Gasteiger partial charge is 0.392 e. The molecule has 0 saturated carbocycles. The van der Waals surface area contributed by atoms with Gasteiger partial charge in [-0.05, 0) is 20.8 Å². The number of rotatable bonds is 3. The van der Waals surface area contributed by atoms with Gasteiger partial charge in [-0.15, -0.1) is 0 Å². The van der Waals surface area contributed by atoms with E-state index in [1.165, 1.54) is 6.92 Å². The van der Waals surface area contributed by atoms with Crippen LogP contribution in [0.2, 0.25) is 0 Å². The van der Waals surface area contributed by atoms with E-state index in [2.05, 4.69) is 6.58 Å². The van der Waals surface area contributed by atoms with E-state index in [9.17, 15) is 4.79 Å². The number of carbonyl (C=O) groups excluding carboxylic acids is 1. The number of hydrogen-bond acceptors (Lipinski definition) is 2. The van der Waals surface area contributed by atoms with Crippen LogP contribution in [-0.2, 0) is 4.79 Å². The van der Waals surface area contributed by atoms with Crippen LogP contribution in [0.15, 0.2) is 12.2 Å². The van der Waals surface area contributed by atoms with Gasteiger partial charge in [0.2, 0.25) is 0 Å². The molecule has 0 radical (unpaired) electrons. The first-order valence-corrected chi connectivity index (χ1v) is 3.30. The van der Waals surface area contributed by atoms with E-state index >= 15 is 0 Å². The van der Waals surface area contributed by atoms with Crippen molar-refractivity contribution >= 4 is 5.78 Å². The summed E-state index contributed by atoms with van der Waals surface area (Å²) in [5, 5.41) is 9.07. The van der Waals surface area contributed by atoms with Crippen LogP contribution in [0.4, 0.5) is 0 Å². The van der Waals surface area contributed by atoms with E-state index in [4.69, 9.17) is 5.11 Å². The van der Waals surface area contributed by atoms with Crippen molar-refractivity contribution in [3.63, 3.8) is 0 Å². The van der Waals surface area contributed by atoms with Crippen molar-refractivity contribution in [1.29, 1.82) is 0 Å². The van der Waals surface area contributed by atoms with E-state index < -0.39 is 6.10 Å². The maximum Gasteiger partial charge on any atom is 0.139 e. The minimum Gasteiger partial charge on any atom is -0.392 e. The van der Waals surface area contributed by atoms with Crippen molar-refractivity contribution in [3.8, 4) is 0 Å². The summed E-state index contributed by atoms with van der Waals surface area (Å²) in [6.45, 7) is 8.43. The summed E-state index contributed by atoms with van der Waals surface area (Å²) in [5.41, 5.74) is 0.725. The predicted octanol–water partition coefficient (Wildman–Crippen LogP) is 1.15. The second-order valence-corrected chi connectivity index (χ2v) is 2.68. The Bertz CT molecular complexity index is 133. The second-order valence-electron chi connectivity index (χ2n) is 2.68. The van der Waals surface area contributed by atoms with Gasteiger partial charge >= 0.3 is 0 Å². The van der Waals surface area contributed by atoms with Gasteiger partial charge in [-0.1, -0.05) is 12.2 Å². The Morgan fingerprint density at radius 2 is 1.90 bits per heavy atom. The molecular formula is C8H14O2. The molecule has 2 nitrogen and oxygen atoms in total. The summed E-state index contributed by atoms with van der Waals surface area (Å²) in [4.78, 5) is 10.8. The summed E-state index contributed by atoms with van der Waals surface area (Å²) in [6.07, 6.45) is -0.616. The Morgan fingerprint density at radius 3 is 1.90 bits per heavy atom. The third kappa shape index (κ3) is 2.31. The van der Waals surface area contributed by atoms with Gasteiger partial charge in [0, 0.05) is 0 Å². The molecular weight excluding hydrogens is 128 g/mol. The van der Waals surface area contributed by atoms with Crippen LogP contribution >= 0.6 is 0 Å². The summed E-state index contributed by atoms with van der Waals surface area (Å²) in [5.74, 6) is -0.414. The van der Waals surface area contributed by atoms with Crippen molar-refractivity contribution in [2.24, 2.45) is 5.92 Å². The third-order valence-electron chi connectivity index (χ3n) is 1.45. The SMILES string of the molecule is C=C(C)C(C(C)=O)C(C)O. The van der Waals surface area contributed by atoms with Gasteiger partial charge in [0.15, 0.2) is 0 Å². The van der Waals surface area contributed by atoms with Crippen LogP contribution < -0.4 is 0 Å². The summed E-state index contributed by atoms with van der Waals surface area (Å²) in [6, 6.07) is 0. The molecule has 0 rings (SSSR count). The van der Waals surface area contributed by atoms with Crippen LogP contribution in [0.1, 0.15) is 20.8 Å². The average Bonchev–Trinajstić information content (AvgIpc) is 1.59. The zero-order chi connectivity index (χ0) is 8.31. The minimum atomic E-state index is -0.616. The summed E-state index contributed by atoms with van der Waals surface area (Å²) in [7, 11) is 0. The first kappa shape index (κ1) is 9.37. The number of Topliss-reactive ketones (excluding diaryl/α,β-unsaturated/α-hetero) is 1. The highest BCUT2D eigenvalue weighted by Gasteiger charge is 2.19. The lowest BCUT2D eigenvalue weighted by atomic mass is 9.93. The predicted molar refractivity (Wildman–Crippen MR) is 40.7 cm³/mol. The molecule has 0 aromatic heterocycles. The van der Waals surface area contributed by atoms with E-state index in [0.29, 0.717) is 0 Å². The third-order valence-corrected chi connectivity index (χ3v) is 1.45. The highest BCUT2D eigenvalue weighted by molar-refractivity contribution is 5.81. The monoisotopic (exact) mass is 142 g/mol. The van der Waals surface area contributed by atoms with Gasteiger partial charge in [-0.3, -0.25) is 4.79 Å². The number of carbonyl (C=O) groups is 1. The lowest BCUT2D eigenvalue weighted by Gasteiger charge is -2.15. The number of ketones is 1. The van der Waals surface area contributed by atoms with Crippen LogP contribution in [0.5, 0.6) is 0 Å². The van der Waals surface area contributed by atoms with Gasteiger partial charge in [0.05, 0.1) is 12.0 Å². The molecule has 10 heavy (non-hydrogen) atoms. The fourth-order valence-corrected chi connectivity index (χ4v) is 1.10. The van der Waals surface area contributed by atoms with Crippen molar-refractivity contribution in [2.75, 3.05) is 0 Å². The topological polar surface area (TPSA) is 37.3 Å². The Balaban J connectivity index is 4.27. The number of hydrogen-bond donors (Lipinski definition) is 1. The average molecular weight is 142 g/mol. The van der Waals surface area contributed by atoms with Crippen LogP contribution in [-0.4, -0.2) is 17.0 Å². The molecule has 0 fully saturated rings. The van der Waals surface area contributed by atoms with E-state index in [-0.39, 0.29) is 11.7 Å². The summed E-state index contributed by atoms with van der Waals surface area (Å²) >= 11 is 0. The van der Waals surface area contributed by atoms with Crippen LogP contribution in [0.25, 0.3) is 0 Å². The molecule has 0 bridgehead atoms. The fourth-order valence-electron chi connectivity index (χ4n) is 1.10. The molecule has 0 aliphatic rings. The molecule has 0 aromatic carbocycles. The van der Waals surface area contributed by atoms with Crippen molar-refractivity contribution in [1.82, 2.24) is 0 Å². The van der Waals surface area contributed by atoms with Crippen LogP contribution in [0.3, 0.4) is 0 Å². The van der Waals surface area contributed by atoms with Crippen molar-refractivity contribution in [2.45, 2.75) is 26.9 Å². The normalized spacial score (nSPS) is 16.0. The molecule has 58 valence electrons. The van der Waals surface area contributed by atoms with Crippen LogP contribution in [0, 0.1) is 5.92 Å². The molecule has 0 aliphatic heterocycles. The zero-order valence-electron chi connectivity index (χ0n) is 6.72. The molecule has 0 aromatic rings. The molecule has 2 heteroatoms. The number of aliphatic hydroxyl groups excluding tert-OH is 1. The first-order valence-electron chi connectivity index (χ1n) is 3.30.